The molecule has 2 N–H and O–H groups in total. The molecule has 32 heavy (non-hydrogen) atoms. The second kappa shape index (κ2) is 9.53. The molecule has 0 radical (unpaired) electrons. The number of hydrogen-bond donors (Lipinski definition) is 2. The minimum Gasteiger partial charge on any atom is -0.481 e. The molecule has 4 aromatic rings. The van der Waals surface area contributed by atoms with E-state index in [9.17, 15) is 9.59 Å². The number of fused-ring (bicyclic) bond motifs is 1. The molecule has 0 bridgehead atoms. The maximum absolute atomic E-state index is 12.4. The Hall–Kier alpha value is -3.84. The van der Waals surface area contributed by atoms with Gasteiger partial charge < -0.3 is 4.74 Å². The van der Waals surface area contributed by atoms with Gasteiger partial charge in [0.05, 0.1) is 18.3 Å². The van der Waals surface area contributed by atoms with Crippen molar-refractivity contribution in [3.05, 3.63) is 95.3 Å². The van der Waals surface area contributed by atoms with Crippen LogP contribution in [0.1, 0.15) is 22.8 Å². The van der Waals surface area contributed by atoms with Gasteiger partial charge in [0, 0.05) is 11.2 Å². The lowest BCUT2D eigenvalue weighted by atomic mass is 10.1. The molecule has 162 valence electrons. The molecule has 7 nitrogen and oxygen atoms in total. The zero-order valence-electron chi connectivity index (χ0n) is 17.3. The van der Waals surface area contributed by atoms with Crippen LogP contribution in [0.5, 0.6) is 5.75 Å². The Kier molecular flexibility index (Phi) is 6.37. The van der Waals surface area contributed by atoms with Crippen molar-refractivity contribution in [2.75, 3.05) is 0 Å². The maximum atomic E-state index is 12.4. The van der Waals surface area contributed by atoms with Crippen molar-refractivity contribution >= 4 is 34.2 Å². The van der Waals surface area contributed by atoms with Crippen LogP contribution in [0.3, 0.4) is 0 Å². The summed E-state index contributed by atoms with van der Waals surface area (Å²) in [6, 6.07) is 20.9. The van der Waals surface area contributed by atoms with Gasteiger partial charge in [-0.1, -0.05) is 60.1 Å². The van der Waals surface area contributed by atoms with Crippen LogP contribution in [0.2, 0.25) is 5.02 Å². The molecule has 0 saturated heterocycles. The summed E-state index contributed by atoms with van der Waals surface area (Å²) in [6.07, 6.45) is 2.20. The smallest absolute Gasteiger partial charge is 0.279 e. The molecule has 3 aromatic carbocycles. The number of carbonyl (C=O) groups is 2. The molecule has 8 heteroatoms. The Labute approximate surface area is 189 Å². The van der Waals surface area contributed by atoms with Gasteiger partial charge in [-0.3, -0.25) is 25.1 Å². The number of aromatic nitrogens is 2. The minimum atomic E-state index is -0.806. The van der Waals surface area contributed by atoms with E-state index < -0.39 is 17.9 Å². The van der Waals surface area contributed by atoms with Crippen LogP contribution >= 0.6 is 11.6 Å². The van der Waals surface area contributed by atoms with Crippen molar-refractivity contribution in [1.82, 2.24) is 20.6 Å². The lowest BCUT2D eigenvalue weighted by Gasteiger charge is -2.15. The van der Waals surface area contributed by atoms with Crippen LogP contribution in [-0.4, -0.2) is 27.7 Å². The van der Waals surface area contributed by atoms with Gasteiger partial charge in [0.25, 0.3) is 11.8 Å². The first kappa shape index (κ1) is 21.4. The Morgan fingerprint density at radius 1 is 1.03 bits per heavy atom. The van der Waals surface area contributed by atoms with Gasteiger partial charge in [-0.25, -0.2) is 0 Å². The van der Waals surface area contributed by atoms with E-state index >= 15 is 0 Å². The SMILES string of the molecule is CC(Oc1ccc2ccccc2c1)C(=O)NNC(=O)c1cnn(Cc2ccccc2Cl)c1. The van der Waals surface area contributed by atoms with Crippen LogP contribution in [0.4, 0.5) is 0 Å². The molecule has 0 spiro atoms. The standard InChI is InChI=1S/C24H21ClN4O3/c1-16(32-21-11-10-17-6-2-3-7-18(17)12-21)23(30)27-28-24(31)20-13-26-29(15-20)14-19-8-4-5-9-22(19)25/h2-13,15-16H,14H2,1H3,(H,27,30)(H,28,31). The van der Waals surface area contributed by atoms with Crippen molar-refractivity contribution in [3.8, 4) is 5.75 Å². The number of carbonyl (C=O) groups excluding carboxylic acids is 2. The first-order valence-corrected chi connectivity index (χ1v) is 10.4. The summed E-state index contributed by atoms with van der Waals surface area (Å²) in [7, 11) is 0. The monoisotopic (exact) mass is 448 g/mol. The predicted octanol–water partition coefficient (Wildman–Crippen LogP) is 3.97. The maximum Gasteiger partial charge on any atom is 0.279 e. The van der Waals surface area contributed by atoms with Gasteiger partial charge in [-0.15, -0.1) is 0 Å². The van der Waals surface area contributed by atoms with Crippen molar-refractivity contribution in [2.45, 2.75) is 19.6 Å². The largest absolute Gasteiger partial charge is 0.481 e. The lowest BCUT2D eigenvalue weighted by molar-refractivity contribution is -0.128. The molecule has 0 aliphatic carbocycles. The normalized spacial score (nSPS) is 11.7. The summed E-state index contributed by atoms with van der Waals surface area (Å²) >= 11 is 6.16. The second-order valence-corrected chi connectivity index (χ2v) is 7.64. The highest BCUT2D eigenvalue weighted by atomic mass is 35.5. The fourth-order valence-electron chi connectivity index (χ4n) is 3.16. The van der Waals surface area contributed by atoms with E-state index in [2.05, 4.69) is 16.0 Å². The molecule has 1 unspecified atom stereocenters. The third-order valence-electron chi connectivity index (χ3n) is 4.89. The van der Waals surface area contributed by atoms with Gasteiger partial charge in [0.2, 0.25) is 0 Å². The number of halogens is 1. The zero-order valence-corrected chi connectivity index (χ0v) is 18.0. The average molecular weight is 449 g/mol. The highest BCUT2D eigenvalue weighted by Crippen LogP contribution is 2.21. The van der Waals surface area contributed by atoms with Gasteiger partial charge in [-0.05, 0) is 41.5 Å². The molecule has 0 aliphatic heterocycles. The third kappa shape index (κ3) is 5.07. The average Bonchev–Trinajstić information content (AvgIpc) is 3.27. The molecule has 0 saturated carbocycles. The highest BCUT2D eigenvalue weighted by Gasteiger charge is 2.17. The van der Waals surface area contributed by atoms with Crippen LogP contribution in [0, 0.1) is 0 Å². The molecule has 0 fully saturated rings. The van der Waals surface area contributed by atoms with Gasteiger partial charge >= 0.3 is 0 Å². The van der Waals surface area contributed by atoms with E-state index in [4.69, 9.17) is 16.3 Å². The van der Waals surface area contributed by atoms with Crippen LogP contribution in [0.15, 0.2) is 79.1 Å². The molecule has 1 aromatic heterocycles. The van der Waals surface area contributed by atoms with E-state index in [1.807, 2.05) is 54.6 Å². The summed E-state index contributed by atoms with van der Waals surface area (Å²) in [5, 5.41) is 6.90. The number of rotatable bonds is 6. The lowest BCUT2D eigenvalue weighted by Crippen LogP contribution is -2.47. The van der Waals surface area contributed by atoms with Gasteiger partial charge in [0.1, 0.15) is 5.75 Å². The topological polar surface area (TPSA) is 85.2 Å². The Morgan fingerprint density at radius 3 is 2.59 bits per heavy atom. The highest BCUT2D eigenvalue weighted by molar-refractivity contribution is 6.31. The molecular formula is C24H21ClN4O3. The minimum absolute atomic E-state index is 0.306. The first-order chi connectivity index (χ1) is 15.5. The summed E-state index contributed by atoms with van der Waals surface area (Å²) in [5.41, 5.74) is 5.96. The molecular weight excluding hydrogens is 428 g/mol. The number of nitrogens with zero attached hydrogens (tertiary/aromatic N) is 2. The number of hydrazine groups is 1. The number of hydrogen-bond acceptors (Lipinski definition) is 4. The van der Waals surface area contributed by atoms with Crippen LogP contribution < -0.4 is 15.6 Å². The molecule has 2 amide bonds. The Bertz CT molecular complexity index is 1270. The predicted molar refractivity (Wildman–Crippen MR) is 122 cm³/mol. The van der Waals surface area contributed by atoms with E-state index in [1.165, 1.54) is 6.20 Å². The van der Waals surface area contributed by atoms with Crippen LogP contribution in [0.25, 0.3) is 10.8 Å². The van der Waals surface area contributed by atoms with Crippen molar-refractivity contribution < 1.29 is 14.3 Å². The summed E-state index contributed by atoms with van der Waals surface area (Å²) in [4.78, 5) is 24.7. The summed E-state index contributed by atoms with van der Waals surface area (Å²) in [6.45, 7) is 2.04. The quantitative estimate of drug-likeness (QED) is 0.437. The summed E-state index contributed by atoms with van der Waals surface area (Å²) in [5.74, 6) is -0.393. The summed E-state index contributed by atoms with van der Waals surface area (Å²) < 4.78 is 7.31. The first-order valence-electron chi connectivity index (χ1n) is 10.0. The third-order valence-corrected chi connectivity index (χ3v) is 5.26. The van der Waals surface area contributed by atoms with E-state index in [0.29, 0.717) is 22.9 Å². The molecule has 4 rings (SSSR count). The number of amides is 2. The zero-order chi connectivity index (χ0) is 22.5. The van der Waals surface area contributed by atoms with E-state index in [1.54, 1.807) is 29.9 Å². The fourth-order valence-corrected chi connectivity index (χ4v) is 3.35. The number of benzene rings is 3. The molecule has 1 heterocycles. The number of ether oxygens (including phenoxy) is 1. The van der Waals surface area contributed by atoms with Crippen molar-refractivity contribution in [2.24, 2.45) is 0 Å². The molecule has 1 atom stereocenters. The van der Waals surface area contributed by atoms with Gasteiger partial charge in [0.15, 0.2) is 6.10 Å². The Balaban J connectivity index is 1.30. The number of nitrogens with one attached hydrogen (secondary N) is 2. The fraction of sp³-hybridized carbons (Fsp3) is 0.125. The van der Waals surface area contributed by atoms with Crippen molar-refractivity contribution in [1.29, 1.82) is 0 Å². The molecule has 0 aliphatic rings. The van der Waals surface area contributed by atoms with E-state index in [0.717, 1.165) is 16.3 Å². The van der Waals surface area contributed by atoms with Crippen LogP contribution in [-0.2, 0) is 11.3 Å². The van der Waals surface area contributed by atoms with Gasteiger partial charge in [-0.2, -0.15) is 5.10 Å². The van der Waals surface area contributed by atoms with E-state index in [-0.39, 0.29) is 0 Å². The second-order valence-electron chi connectivity index (χ2n) is 7.23. The Morgan fingerprint density at radius 2 is 1.78 bits per heavy atom. The van der Waals surface area contributed by atoms with Crippen molar-refractivity contribution in [3.63, 3.8) is 0 Å².